The molecule has 1 rings (SSSR count). The van der Waals surface area contributed by atoms with E-state index in [1.807, 2.05) is 6.08 Å². The maximum absolute atomic E-state index is 11.7. The van der Waals surface area contributed by atoms with Gasteiger partial charge in [0, 0.05) is 0 Å². The van der Waals surface area contributed by atoms with Gasteiger partial charge in [-0.25, -0.2) is 0 Å². The molecule has 0 spiro atoms. The van der Waals surface area contributed by atoms with Crippen molar-refractivity contribution in [3.8, 4) is 0 Å². The normalized spacial score (nSPS) is 10.9. The van der Waals surface area contributed by atoms with Crippen LogP contribution in [-0.2, 0) is 4.79 Å². The third kappa shape index (κ3) is 6.45. The summed E-state index contributed by atoms with van der Waals surface area (Å²) >= 11 is -0.0606. The summed E-state index contributed by atoms with van der Waals surface area (Å²) in [7, 11) is 0. The van der Waals surface area contributed by atoms with Crippen molar-refractivity contribution < 1.29 is 4.79 Å². The zero-order valence-electron chi connectivity index (χ0n) is 10.6. The Labute approximate surface area is 110 Å². The molecule has 1 aromatic carbocycles. The van der Waals surface area contributed by atoms with E-state index in [2.05, 4.69) is 38.1 Å². The predicted octanol–water partition coefficient (Wildman–Crippen LogP) is 2.99. The van der Waals surface area contributed by atoms with Crippen LogP contribution >= 0.6 is 0 Å². The van der Waals surface area contributed by atoms with Crippen molar-refractivity contribution in [2.75, 3.05) is 0 Å². The second-order valence-electron chi connectivity index (χ2n) is 4.13. The van der Waals surface area contributed by atoms with Gasteiger partial charge in [-0.3, -0.25) is 0 Å². The Bertz CT molecular complexity index is 365. The summed E-state index contributed by atoms with van der Waals surface area (Å²) in [5.74, 6) is 0. The van der Waals surface area contributed by atoms with Gasteiger partial charge < -0.3 is 0 Å². The first-order chi connectivity index (χ1) is 8.22. The van der Waals surface area contributed by atoms with Crippen LogP contribution in [0, 0.1) is 6.92 Å². The zero-order valence-corrected chi connectivity index (χ0v) is 12.3. The molecule has 0 aliphatic heterocycles. The number of allylic oxidation sites excluding steroid dienone is 2. The fourth-order valence-corrected chi connectivity index (χ4v) is 2.85. The van der Waals surface area contributed by atoms with Gasteiger partial charge in [0.25, 0.3) is 0 Å². The van der Waals surface area contributed by atoms with Crippen LogP contribution in [-0.4, -0.2) is 19.6 Å². The van der Waals surface area contributed by atoms with E-state index in [1.165, 1.54) is 24.8 Å². The van der Waals surface area contributed by atoms with Crippen LogP contribution in [0.25, 0.3) is 0 Å². The standard InChI is InChI=1S/C15H20OSe/c1-3-4-5-6-7-8-15(16)17-14-11-9-13(2)10-12-14/h7-12H,3-6H2,1-2H3/b8-7+. The van der Waals surface area contributed by atoms with E-state index >= 15 is 0 Å². The minimum absolute atomic E-state index is 0.0606. The molecule has 17 heavy (non-hydrogen) atoms. The van der Waals surface area contributed by atoms with Crippen LogP contribution < -0.4 is 4.46 Å². The van der Waals surface area contributed by atoms with Crippen LogP contribution in [0.1, 0.15) is 38.2 Å². The molecule has 0 saturated heterocycles. The number of benzene rings is 1. The van der Waals surface area contributed by atoms with Crippen LogP contribution in [0.15, 0.2) is 36.4 Å². The molecule has 1 aromatic rings. The molecule has 0 amide bonds. The predicted molar refractivity (Wildman–Crippen MR) is 74.9 cm³/mol. The van der Waals surface area contributed by atoms with E-state index in [9.17, 15) is 4.79 Å². The van der Waals surface area contributed by atoms with E-state index in [1.54, 1.807) is 6.08 Å². The van der Waals surface area contributed by atoms with Crippen molar-refractivity contribution in [2.24, 2.45) is 0 Å². The Kier molecular flexibility index (Phi) is 6.91. The SMILES string of the molecule is CCCCC/C=C/C(=O)[Se]c1ccc(C)cc1. The number of unbranched alkanes of at least 4 members (excludes halogenated alkanes) is 3. The molecule has 0 N–H and O–H groups in total. The quantitative estimate of drug-likeness (QED) is 0.429. The van der Waals surface area contributed by atoms with Crippen molar-refractivity contribution in [3.63, 3.8) is 0 Å². The van der Waals surface area contributed by atoms with E-state index in [0.717, 1.165) is 10.9 Å². The summed E-state index contributed by atoms with van der Waals surface area (Å²) in [6.07, 6.45) is 8.49. The molecule has 0 saturated carbocycles. The van der Waals surface area contributed by atoms with Crippen molar-refractivity contribution in [1.82, 2.24) is 0 Å². The Hall–Kier alpha value is -0.851. The maximum atomic E-state index is 11.7. The average molecular weight is 295 g/mol. The first kappa shape index (κ1) is 14.2. The molecule has 0 radical (unpaired) electrons. The fourth-order valence-electron chi connectivity index (χ4n) is 1.45. The molecular weight excluding hydrogens is 275 g/mol. The fraction of sp³-hybridized carbons (Fsp3) is 0.400. The van der Waals surface area contributed by atoms with Gasteiger partial charge in [0.05, 0.1) is 0 Å². The molecule has 0 aromatic heterocycles. The van der Waals surface area contributed by atoms with E-state index < -0.39 is 0 Å². The van der Waals surface area contributed by atoms with Gasteiger partial charge in [-0.15, -0.1) is 0 Å². The van der Waals surface area contributed by atoms with Crippen molar-refractivity contribution in [1.29, 1.82) is 0 Å². The molecule has 0 aliphatic rings. The molecule has 92 valence electrons. The van der Waals surface area contributed by atoms with E-state index in [0.29, 0.717) is 0 Å². The summed E-state index contributed by atoms with van der Waals surface area (Å²) in [4.78, 5) is 11.7. The van der Waals surface area contributed by atoms with Crippen molar-refractivity contribution >= 4 is 24.1 Å². The third-order valence-corrected chi connectivity index (χ3v) is 4.24. The first-order valence-corrected chi connectivity index (χ1v) is 7.88. The molecule has 2 heteroatoms. The van der Waals surface area contributed by atoms with Crippen LogP contribution in [0.2, 0.25) is 0 Å². The summed E-state index contributed by atoms with van der Waals surface area (Å²) in [5, 5.41) is 0. The van der Waals surface area contributed by atoms with Gasteiger partial charge in [-0.2, -0.15) is 0 Å². The van der Waals surface area contributed by atoms with Gasteiger partial charge in [-0.05, 0) is 0 Å². The number of carbonyl (C=O) groups excluding carboxylic acids is 1. The molecule has 0 bridgehead atoms. The van der Waals surface area contributed by atoms with Gasteiger partial charge in [0.15, 0.2) is 0 Å². The second kappa shape index (κ2) is 8.27. The van der Waals surface area contributed by atoms with Crippen LogP contribution in [0.4, 0.5) is 0 Å². The summed E-state index contributed by atoms with van der Waals surface area (Å²) < 4.78 is 1.42. The molecule has 0 atom stereocenters. The first-order valence-electron chi connectivity index (χ1n) is 6.17. The van der Waals surface area contributed by atoms with Gasteiger partial charge >= 0.3 is 110 Å². The van der Waals surface area contributed by atoms with Gasteiger partial charge in [-0.1, -0.05) is 0 Å². The molecule has 0 aliphatic carbocycles. The van der Waals surface area contributed by atoms with Crippen molar-refractivity contribution in [2.45, 2.75) is 39.5 Å². The van der Waals surface area contributed by atoms with Gasteiger partial charge in [0.1, 0.15) is 0 Å². The Balaban J connectivity index is 2.31. The molecule has 0 heterocycles. The topological polar surface area (TPSA) is 17.1 Å². The molecule has 0 unspecified atom stereocenters. The molecule has 1 nitrogen and oxygen atoms in total. The number of carbonyl (C=O) groups is 1. The zero-order chi connectivity index (χ0) is 12.5. The van der Waals surface area contributed by atoms with Crippen molar-refractivity contribution in [3.05, 3.63) is 42.0 Å². The summed E-state index contributed by atoms with van der Waals surface area (Å²) in [6, 6.07) is 8.24. The molecule has 0 fully saturated rings. The van der Waals surface area contributed by atoms with E-state index in [4.69, 9.17) is 0 Å². The number of hydrogen-bond acceptors (Lipinski definition) is 1. The van der Waals surface area contributed by atoms with Crippen LogP contribution in [0.3, 0.4) is 0 Å². The minimum atomic E-state index is -0.0606. The van der Waals surface area contributed by atoms with Crippen LogP contribution in [0.5, 0.6) is 0 Å². The Morgan fingerprint density at radius 2 is 1.94 bits per heavy atom. The number of rotatable bonds is 7. The Morgan fingerprint density at radius 3 is 2.59 bits per heavy atom. The Morgan fingerprint density at radius 1 is 1.24 bits per heavy atom. The van der Waals surface area contributed by atoms with E-state index in [-0.39, 0.29) is 19.6 Å². The summed E-state index contributed by atoms with van der Waals surface area (Å²) in [6.45, 7) is 4.25. The summed E-state index contributed by atoms with van der Waals surface area (Å²) in [5.41, 5.74) is 1.24. The average Bonchev–Trinajstić information content (AvgIpc) is 2.32. The third-order valence-electron chi connectivity index (χ3n) is 2.47. The number of hydrogen-bond donors (Lipinski definition) is 0. The van der Waals surface area contributed by atoms with Gasteiger partial charge in [0.2, 0.25) is 0 Å². The monoisotopic (exact) mass is 296 g/mol. The second-order valence-corrected chi connectivity index (χ2v) is 6.39. The molecular formula is C15H20OSe. The number of aryl methyl sites for hydroxylation is 1.